The first-order valence-corrected chi connectivity index (χ1v) is 4.46. The molecule has 1 aliphatic heterocycles. The third-order valence-electron chi connectivity index (χ3n) is 2.28. The van der Waals surface area contributed by atoms with Crippen molar-refractivity contribution in [1.82, 2.24) is 5.32 Å². The summed E-state index contributed by atoms with van der Waals surface area (Å²) in [5.41, 5.74) is 0.0210. The lowest BCUT2D eigenvalue weighted by atomic mass is 10.0. The summed E-state index contributed by atoms with van der Waals surface area (Å²) in [6, 6.07) is 0.507. The van der Waals surface area contributed by atoms with Crippen LogP contribution in [0.15, 0.2) is 0 Å². The van der Waals surface area contributed by atoms with Crippen LogP contribution in [0.2, 0.25) is 0 Å². The Morgan fingerprint density at radius 1 is 1.55 bits per heavy atom. The van der Waals surface area contributed by atoms with Crippen molar-refractivity contribution < 1.29 is 4.74 Å². The van der Waals surface area contributed by atoms with Gasteiger partial charge >= 0.3 is 0 Å². The van der Waals surface area contributed by atoms with Gasteiger partial charge in [-0.1, -0.05) is 6.92 Å². The number of morpholine rings is 1. The van der Waals surface area contributed by atoms with E-state index in [1.54, 1.807) is 0 Å². The van der Waals surface area contributed by atoms with E-state index in [0.717, 1.165) is 13.0 Å². The number of ether oxygens (including phenoxy) is 1. The second-order valence-electron chi connectivity index (χ2n) is 3.99. The molecule has 2 heteroatoms. The van der Waals surface area contributed by atoms with Gasteiger partial charge in [0.1, 0.15) is 0 Å². The Hall–Kier alpha value is -0.0800. The van der Waals surface area contributed by atoms with Crippen LogP contribution >= 0.6 is 0 Å². The summed E-state index contributed by atoms with van der Waals surface area (Å²) in [6.07, 6.45) is 1.48. The molecule has 1 saturated heterocycles. The molecule has 11 heavy (non-hydrogen) atoms. The molecule has 1 fully saturated rings. The fraction of sp³-hybridized carbons (Fsp3) is 1.00. The smallest absolute Gasteiger partial charge is 0.0754 e. The molecule has 0 aromatic carbocycles. The van der Waals surface area contributed by atoms with Crippen LogP contribution in [-0.4, -0.2) is 24.3 Å². The fourth-order valence-corrected chi connectivity index (χ4v) is 1.53. The van der Waals surface area contributed by atoms with Crippen LogP contribution < -0.4 is 5.32 Å². The molecule has 2 unspecified atom stereocenters. The van der Waals surface area contributed by atoms with Crippen molar-refractivity contribution in [3.63, 3.8) is 0 Å². The van der Waals surface area contributed by atoms with Crippen LogP contribution in [0.1, 0.15) is 34.1 Å². The van der Waals surface area contributed by atoms with Gasteiger partial charge in [0, 0.05) is 12.6 Å². The molecular weight excluding hydrogens is 138 g/mol. The third-order valence-corrected chi connectivity index (χ3v) is 2.28. The molecule has 0 aromatic heterocycles. The number of nitrogens with one attached hydrogen (secondary N) is 1. The van der Waals surface area contributed by atoms with Crippen LogP contribution in [0.4, 0.5) is 0 Å². The minimum atomic E-state index is 0.0210. The molecule has 2 atom stereocenters. The number of rotatable bonds is 1. The van der Waals surface area contributed by atoms with E-state index in [0.29, 0.717) is 12.1 Å². The average Bonchev–Trinajstić information content (AvgIpc) is 1.94. The molecule has 0 amide bonds. The van der Waals surface area contributed by atoms with Crippen molar-refractivity contribution in [2.24, 2.45) is 0 Å². The highest BCUT2D eigenvalue weighted by Crippen LogP contribution is 2.20. The summed E-state index contributed by atoms with van der Waals surface area (Å²) < 4.78 is 5.87. The predicted octanol–water partition coefficient (Wildman–Crippen LogP) is 1.55. The summed E-state index contributed by atoms with van der Waals surface area (Å²) in [5.74, 6) is 0. The minimum absolute atomic E-state index is 0.0210. The van der Waals surface area contributed by atoms with Crippen LogP contribution in [0, 0.1) is 0 Å². The van der Waals surface area contributed by atoms with E-state index in [9.17, 15) is 0 Å². The molecule has 1 rings (SSSR count). The van der Waals surface area contributed by atoms with E-state index >= 15 is 0 Å². The standard InChI is InChI=1S/C9H19NO/c1-5-8-7(2)10-6-9(3,4)11-8/h7-8,10H,5-6H2,1-4H3. The Morgan fingerprint density at radius 3 is 2.64 bits per heavy atom. The molecule has 0 bridgehead atoms. The molecule has 66 valence electrons. The van der Waals surface area contributed by atoms with E-state index in [1.807, 2.05) is 0 Å². The Morgan fingerprint density at radius 2 is 2.18 bits per heavy atom. The molecule has 0 aliphatic carbocycles. The summed E-state index contributed by atoms with van der Waals surface area (Å²) >= 11 is 0. The summed E-state index contributed by atoms with van der Waals surface area (Å²) in [6.45, 7) is 9.58. The van der Waals surface area contributed by atoms with E-state index < -0.39 is 0 Å². The summed E-state index contributed by atoms with van der Waals surface area (Å²) in [5, 5.41) is 3.45. The van der Waals surface area contributed by atoms with Crippen LogP contribution in [0.5, 0.6) is 0 Å². The number of hydrogen-bond donors (Lipinski definition) is 1. The van der Waals surface area contributed by atoms with Crippen molar-refractivity contribution in [1.29, 1.82) is 0 Å². The topological polar surface area (TPSA) is 21.3 Å². The van der Waals surface area contributed by atoms with E-state index in [-0.39, 0.29) is 5.60 Å². The first kappa shape index (κ1) is 9.01. The van der Waals surface area contributed by atoms with Gasteiger partial charge in [-0.2, -0.15) is 0 Å². The molecule has 1 aliphatic rings. The van der Waals surface area contributed by atoms with Gasteiger partial charge < -0.3 is 10.1 Å². The van der Waals surface area contributed by atoms with Gasteiger partial charge in [0.15, 0.2) is 0 Å². The summed E-state index contributed by atoms with van der Waals surface area (Å²) in [7, 11) is 0. The Kier molecular flexibility index (Phi) is 2.55. The Labute approximate surface area is 69.3 Å². The maximum Gasteiger partial charge on any atom is 0.0754 e. The highest BCUT2D eigenvalue weighted by molar-refractivity contribution is 4.85. The largest absolute Gasteiger partial charge is 0.369 e. The SMILES string of the molecule is CCC1OC(C)(C)CNC1C. The van der Waals surface area contributed by atoms with E-state index in [1.165, 1.54) is 0 Å². The lowest BCUT2D eigenvalue weighted by Crippen LogP contribution is -2.55. The van der Waals surface area contributed by atoms with Crippen molar-refractivity contribution in [2.75, 3.05) is 6.54 Å². The van der Waals surface area contributed by atoms with E-state index in [4.69, 9.17) is 4.74 Å². The summed E-state index contributed by atoms with van der Waals surface area (Å²) in [4.78, 5) is 0. The predicted molar refractivity (Wildman–Crippen MR) is 46.7 cm³/mol. The molecule has 1 N–H and O–H groups in total. The zero-order chi connectivity index (χ0) is 8.48. The highest BCUT2D eigenvalue weighted by Gasteiger charge is 2.31. The van der Waals surface area contributed by atoms with Gasteiger partial charge in [-0.15, -0.1) is 0 Å². The highest BCUT2D eigenvalue weighted by atomic mass is 16.5. The average molecular weight is 157 g/mol. The second kappa shape index (κ2) is 3.11. The van der Waals surface area contributed by atoms with Crippen LogP contribution in [-0.2, 0) is 4.74 Å². The van der Waals surface area contributed by atoms with Gasteiger partial charge in [0.05, 0.1) is 11.7 Å². The molecule has 0 radical (unpaired) electrons. The second-order valence-corrected chi connectivity index (χ2v) is 3.99. The van der Waals surface area contributed by atoms with E-state index in [2.05, 4.69) is 33.0 Å². The molecule has 2 nitrogen and oxygen atoms in total. The minimum Gasteiger partial charge on any atom is -0.369 e. The fourth-order valence-electron chi connectivity index (χ4n) is 1.53. The molecule has 1 heterocycles. The maximum absolute atomic E-state index is 5.87. The monoisotopic (exact) mass is 157 g/mol. The lowest BCUT2D eigenvalue weighted by molar-refractivity contribution is -0.113. The van der Waals surface area contributed by atoms with Crippen molar-refractivity contribution in [2.45, 2.75) is 51.9 Å². The quantitative estimate of drug-likeness (QED) is 0.623. The van der Waals surface area contributed by atoms with Gasteiger partial charge in [-0.3, -0.25) is 0 Å². The van der Waals surface area contributed by atoms with Crippen molar-refractivity contribution in [3.05, 3.63) is 0 Å². The molecule has 0 saturated carbocycles. The van der Waals surface area contributed by atoms with Gasteiger partial charge in [-0.05, 0) is 27.2 Å². The lowest BCUT2D eigenvalue weighted by Gasteiger charge is -2.40. The zero-order valence-corrected chi connectivity index (χ0v) is 7.98. The Bertz CT molecular complexity index is 134. The van der Waals surface area contributed by atoms with Gasteiger partial charge in [0.25, 0.3) is 0 Å². The van der Waals surface area contributed by atoms with Crippen molar-refractivity contribution >= 4 is 0 Å². The first-order valence-electron chi connectivity index (χ1n) is 4.46. The Balaban J connectivity index is 2.51. The number of hydrogen-bond acceptors (Lipinski definition) is 2. The normalized spacial score (nSPS) is 37.1. The van der Waals surface area contributed by atoms with Crippen molar-refractivity contribution in [3.8, 4) is 0 Å². The zero-order valence-electron chi connectivity index (χ0n) is 7.98. The van der Waals surface area contributed by atoms with Gasteiger partial charge in [-0.25, -0.2) is 0 Å². The maximum atomic E-state index is 5.87. The van der Waals surface area contributed by atoms with Crippen LogP contribution in [0.25, 0.3) is 0 Å². The molecular formula is C9H19NO. The third kappa shape index (κ3) is 2.17. The molecule has 0 spiro atoms. The first-order chi connectivity index (χ1) is 5.05. The molecule has 0 aromatic rings. The van der Waals surface area contributed by atoms with Crippen LogP contribution in [0.3, 0.4) is 0 Å². The van der Waals surface area contributed by atoms with Gasteiger partial charge in [0.2, 0.25) is 0 Å².